The number of aryl methyl sites for hydroxylation is 2. The van der Waals surface area contributed by atoms with Gasteiger partial charge in [-0.1, -0.05) is 57.4 Å². The summed E-state index contributed by atoms with van der Waals surface area (Å²) < 4.78 is 5.39. The summed E-state index contributed by atoms with van der Waals surface area (Å²) in [6.45, 7) is 15.7. The summed E-state index contributed by atoms with van der Waals surface area (Å²) in [6.07, 6.45) is 1.85. The molecule has 0 saturated heterocycles. The van der Waals surface area contributed by atoms with Crippen molar-refractivity contribution >= 4 is 17.9 Å². The van der Waals surface area contributed by atoms with Crippen molar-refractivity contribution in [3.05, 3.63) is 34.9 Å². The lowest BCUT2D eigenvalue weighted by Crippen LogP contribution is -2.54. The van der Waals surface area contributed by atoms with Gasteiger partial charge in [-0.3, -0.25) is 9.59 Å². The van der Waals surface area contributed by atoms with Crippen molar-refractivity contribution in [3.63, 3.8) is 0 Å². The number of nitrogens with zero attached hydrogens (tertiary/aromatic N) is 1. The van der Waals surface area contributed by atoms with Crippen molar-refractivity contribution in [3.8, 4) is 0 Å². The molecule has 3 amide bonds. The van der Waals surface area contributed by atoms with E-state index in [1.807, 2.05) is 45.9 Å². The van der Waals surface area contributed by atoms with Crippen LogP contribution in [0.15, 0.2) is 18.2 Å². The number of carbonyl (C=O) groups excluding carboxylic acids is 3. The Morgan fingerprint density at radius 3 is 2.30 bits per heavy atom. The highest BCUT2D eigenvalue weighted by Crippen LogP contribution is 2.26. The number of amides is 3. The van der Waals surface area contributed by atoms with Gasteiger partial charge in [-0.15, -0.1) is 0 Å². The van der Waals surface area contributed by atoms with Gasteiger partial charge < -0.3 is 20.3 Å². The van der Waals surface area contributed by atoms with Gasteiger partial charge in [0.15, 0.2) is 0 Å². The van der Waals surface area contributed by atoms with Crippen molar-refractivity contribution in [1.29, 1.82) is 0 Å². The molecular formula is C26H43N3O4. The molecule has 0 bridgehead atoms. The van der Waals surface area contributed by atoms with E-state index in [9.17, 15) is 14.4 Å². The molecule has 186 valence electrons. The molecule has 0 heterocycles. The molecule has 0 aromatic heterocycles. The van der Waals surface area contributed by atoms with Gasteiger partial charge in [0.2, 0.25) is 11.8 Å². The van der Waals surface area contributed by atoms with Crippen LogP contribution in [0.1, 0.15) is 83.5 Å². The predicted octanol–water partition coefficient (Wildman–Crippen LogP) is 4.66. The highest BCUT2D eigenvalue weighted by molar-refractivity contribution is 5.92. The van der Waals surface area contributed by atoms with Crippen LogP contribution in [0.4, 0.5) is 4.79 Å². The Labute approximate surface area is 199 Å². The molecular weight excluding hydrogens is 418 g/mol. The third kappa shape index (κ3) is 8.71. The van der Waals surface area contributed by atoms with Crippen LogP contribution in [-0.4, -0.2) is 48.0 Å². The normalized spacial score (nSPS) is 14.1. The summed E-state index contributed by atoms with van der Waals surface area (Å²) in [5.41, 5.74) is 2.03. The Morgan fingerprint density at radius 2 is 1.76 bits per heavy atom. The van der Waals surface area contributed by atoms with E-state index in [1.54, 1.807) is 27.8 Å². The number of hydrogen-bond donors (Lipinski definition) is 2. The first-order valence-electron chi connectivity index (χ1n) is 11.9. The van der Waals surface area contributed by atoms with Crippen LogP contribution in [0.25, 0.3) is 0 Å². The first kappa shape index (κ1) is 28.5. The lowest BCUT2D eigenvalue weighted by atomic mass is 9.94. The number of benzene rings is 1. The maximum Gasteiger partial charge on any atom is 0.408 e. The van der Waals surface area contributed by atoms with Crippen LogP contribution in [0, 0.1) is 19.8 Å². The molecule has 0 aliphatic carbocycles. The van der Waals surface area contributed by atoms with E-state index in [-0.39, 0.29) is 17.7 Å². The van der Waals surface area contributed by atoms with Gasteiger partial charge >= 0.3 is 6.09 Å². The monoisotopic (exact) mass is 461 g/mol. The lowest BCUT2D eigenvalue weighted by molar-refractivity contribution is -0.141. The van der Waals surface area contributed by atoms with E-state index >= 15 is 0 Å². The summed E-state index contributed by atoms with van der Waals surface area (Å²) in [4.78, 5) is 40.9. The third-order valence-electron chi connectivity index (χ3n) is 5.69. The molecule has 3 atom stereocenters. The second-order valence-electron chi connectivity index (χ2n) is 9.87. The van der Waals surface area contributed by atoms with E-state index in [0.717, 1.165) is 29.5 Å². The topological polar surface area (TPSA) is 87.7 Å². The number of nitrogens with one attached hydrogen (secondary N) is 2. The van der Waals surface area contributed by atoms with Crippen LogP contribution in [-0.2, 0) is 14.3 Å². The molecule has 1 aromatic rings. The van der Waals surface area contributed by atoms with Crippen molar-refractivity contribution in [2.24, 2.45) is 5.92 Å². The Kier molecular flexibility index (Phi) is 10.9. The molecule has 0 fully saturated rings. The van der Waals surface area contributed by atoms with Crippen LogP contribution in [0.5, 0.6) is 0 Å². The minimum absolute atomic E-state index is 0.144. The molecule has 0 saturated carbocycles. The SMILES string of the molecule is CCCCNC(=O)C(c1cc(C)ccc1C)N(C)C(=O)C(NC(=O)OC(C)(C)C)C(C)CC. The number of carbonyl (C=O) groups is 3. The largest absolute Gasteiger partial charge is 0.444 e. The second kappa shape index (κ2) is 12.6. The van der Waals surface area contributed by atoms with Gasteiger partial charge in [0.25, 0.3) is 0 Å². The van der Waals surface area contributed by atoms with Crippen molar-refractivity contribution in [1.82, 2.24) is 15.5 Å². The number of likely N-dealkylation sites (N-methyl/N-ethyl adjacent to an activating group) is 1. The smallest absolute Gasteiger partial charge is 0.408 e. The number of alkyl carbamates (subject to hydrolysis) is 1. The fourth-order valence-electron chi connectivity index (χ4n) is 3.53. The number of rotatable bonds is 10. The summed E-state index contributed by atoms with van der Waals surface area (Å²) in [5.74, 6) is -0.699. The average Bonchev–Trinajstić information content (AvgIpc) is 2.72. The second-order valence-corrected chi connectivity index (χ2v) is 9.87. The molecule has 1 aromatic carbocycles. The van der Waals surface area contributed by atoms with E-state index < -0.39 is 23.8 Å². The van der Waals surface area contributed by atoms with Gasteiger partial charge in [-0.05, 0) is 58.1 Å². The van der Waals surface area contributed by atoms with E-state index in [4.69, 9.17) is 4.74 Å². The van der Waals surface area contributed by atoms with Gasteiger partial charge in [-0.2, -0.15) is 0 Å². The standard InChI is InChI=1S/C26H43N3O4/c1-10-12-15-27-23(30)22(20-16-17(3)13-14-19(20)5)29(9)24(31)21(18(4)11-2)28-25(32)33-26(6,7)8/h13-14,16,18,21-22H,10-12,15H2,1-9H3,(H,27,30)(H,28,32). The molecule has 2 N–H and O–H groups in total. The van der Waals surface area contributed by atoms with Crippen LogP contribution < -0.4 is 10.6 Å². The lowest BCUT2D eigenvalue weighted by Gasteiger charge is -2.34. The fourth-order valence-corrected chi connectivity index (χ4v) is 3.53. The average molecular weight is 462 g/mol. The molecule has 0 aliphatic heterocycles. The maximum absolute atomic E-state index is 13.7. The van der Waals surface area contributed by atoms with E-state index in [0.29, 0.717) is 13.0 Å². The summed E-state index contributed by atoms with van der Waals surface area (Å²) >= 11 is 0. The predicted molar refractivity (Wildman–Crippen MR) is 132 cm³/mol. The van der Waals surface area contributed by atoms with Crippen LogP contribution in [0.2, 0.25) is 0 Å². The minimum atomic E-state index is -0.814. The number of unbranched alkanes of at least 4 members (excludes halogenated alkanes) is 1. The zero-order valence-electron chi connectivity index (χ0n) is 21.9. The molecule has 0 radical (unpaired) electrons. The molecule has 0 aliphatic rings. The molecule has 7 nitrogen and oxygen atoms in total. The molecule has 3 unspecified atom stereocenters. The van der Waals surface area contributed by atoms with Crippen molar-refractivity contribution in [2.45, 2.75) is 92.3 Å². The summed E-state index contributed by atoms with van der Waals surface area (Å²) in [6, 6.07) is 4.27. The summed E-state index contributed by atoms with van der Waals surface area (Å²) in [5, 5.41) is 5.72. The third-order valence-corrected chi connectivity index (χ3v) is 5.69. The number of hydrogen-bond acceptors (Lipinski definition) is 4. The Morgan fingerprint density at radius 1 is 1.12 bits per heavy atom. The highest BCUT2D eigenvalue weighted by Gasteiger charge is 2.36. The first-order chi connectivity index (χ1) is 15.3. The van der Waals surface area contributed by atoms with Crippen LogP contribution in [0.3, 0.4) is 0 Å². The molecule has 33 heavy (non-hydrogen) atoms. The Hall–Kier alpha value is -2.57. The maximum atomic E-state index is 13.7. The van der Waals surface area contributed by atoms with Crippen LogP contribution >= 0.6 is 0 Å². The van der Waals surface area contributed by atoms with Crippen molar-refractivity contribution in [2.75, 3.05) is 13.6 Å². The number of ether oxygens (including phenoxy) is 1. The van der Waals surface area contributed by atoms with E-state index in [1.165, 1.54) is 4.90 Å². The first-order valence-corrected chi connectivity index (χ1v) is 11.9. The van der Waals surface area contributed by atoms with Crippen molar-refractivity contribution < 1.29 is 19.1 Å². The Balaban J connectivity index is 3.31. The van der Waals surface area contributed by atoms with Gasteiger partial charge in [0.05, 0.1) is 0 Å². The van der Waals surface area contributed by atoms with Gasteiger partial charge in [0.1, 0.15) is 17.7 Å². The molecule has 0 spiro atoms. The highest BCUT2D eigenvalue weighted by atomic mass is 16.6. The summed E-state index contributed by atoms with van der Waals surface area (Å²) in [7, 11) is 1.63. The zero-order valence-corrected chi connectivity index (χ0v) is 21.9. The quantitative estimate of drug-likeness (QED) is 0.496. The van der Waals surface area contributed by atoms with E-state index in [2.05, 4.69) is 17.6 Å². The Bertz CT molecular complexity index is 816. The van der Waals surface area contributed by atoms with Gasteiger partial charge in [0, 0.05) is 13.6 Å². The minimum Gasteiger partial charge on any atom is -0.444 e. The molecule has 7 heteroatoms. The van der Waals surface area contributed by atoms with Gasteiger partial charge in [-0.25, -0.2) is 4.79 Å². The molecule has 1 rings (SSSR count). The fraction of sp³-hybridized carbons (Fsp3) is 0.654. The zero-order chi connectivity index (χ0) is 25.3.